The molecule has 0 saturated carbocycles. The maximum atomic E-state index is 13.7. The molecule has 0 aliphatic rings. The van der Waals surface area contributed by atoms with Crippen LogP contribution in [0.2, 0.25) is 0 Å². The average Bonchev–Trinajstić information content (AvgIpc) is 3.97. The Labute approximate surface area is 345 Å². The van der Waals surface area contributed by atoms with Gasteiger partial charge in [0.2, 0.25) is 0 Å². The van der Waals surface area contributed by atoms with Crippen molar-refractivity contribution >= 4 is 54.5 Å². The molecule has 0 bridgehead atoms. The summed E-state index contributed by atoms with van der Waals surface area (Å²) in [6.07, 6.45) is 0. The summed E-state index contributed by atoms with van der Waals surface area (Å²) >= 11 is 3.17. The van der Waals surface area contributed by atoms with Gasteiger partial charge in [-0.15, -0.1) is 0 Å². The molecule has 10 nitrogen and oxygen atoms in total. The smallest absolute Gasteiger partial charge is 0.170 e. The Hall–Kier alpha value is -7.55. The first-order valence-electron chi connectivity index (χ1n) is 18.0. The molecular weight excluding hydrogens is 817 g/mol. The molecule has 0 spiro atoms. The SMILES string of the molecule is Fc1ccccc1CBr.N#Cc1n[nH]c2ccccc12.N#Cc1nn(Cc2ccccc2F)c2ccccc12.N=C(N)c1nn(Cc2ccccc2F)c2ccccc12. The van der Waals surface area contributed by atoms with E-state index in [4.69, 9.17) is 21.7 Å². The molecular formula is C45H34BrF3N10. The predicted molar refractivity (Wildman–Crippen MR) is 226 cm³/mol. The number of amidine groups is 1. The van der Waals surface area contributed by atoms with Crippen molar-refractivity contribution in [2.45, 2.75) is 18.4 Å². The summed E-state index contributed by atoms with van der Waals surface area (Å²) in [4.78, 5) is 0. The molecule has 3 aromatic heterocycles. The highest BCUT2D eigenvalue weighted by Gasteiger charge is 2.14. The van der Waals surface area contributed by atoms with Crippen LogP contribution in [0.15, 0.2) is 146 Å². The number of hydrogen-bond acceptors (Lipinski definition) is 6. The van der Waals surface area contributed by atoms with Crippen molar-refractivity contribution in [3.8, 4) is 12.1 Å². The molecule has 0 amide bonds. The highest BCUT2D eigenvalue weighted by atomic mass is 79.9. The van der Waals surface area contributed by atoms with E-state index < -0.39 is 0 Å². The number of hydrogen-bond donors (Lipinski definition) is 3. The third-order valence-corrected chi connectivity index (χ3v) is 9.51. The second kappa shape index (κ2) is 19.5. The lowest BCUT2D eigenvalue weighted by Gasteiger charge is -2.04. The molecule has 0 saturated heterocycles. The number of nitrogens with zero attached hydrogens (tertiary/aromatic N) is 7. The maximum absolute atomic E-state index is 13.7. The Bertz CT molecular complexity index is 2960. The molecule has 0 aliphatic heterocycles. The van der Waals surface area contributed by atoms with Crippen LogP contribution >= 0.6 is 15.9 Å². The summed E-state index contributed by atoms with van der Waals surface area (Å²) < 4.78 is 43.3. The fraction of sp³-hybridized carbons (Fsp3) is 0.0667. The Morgan fingerprint density at radius 2 is 1.03 bits per heavy atom. The van der Waals surface area contributed by atoms with E-state index >= 15 is 0 Å². The van der Waals surface area contributed by atoms with Crippen LogP contribution in [0.1, 0.15) is 33.8 Å². The predicted octanol–water partition coefficient (Wildman–Crippen LogP) is 9.76. The molecule has 292 valence electrons. The zero-order chi connectivity index (χ0) is 41.7. The number of fused-ring (bicyclic) bond motifs is 3. The summed E-state index contributed by atoms with van der Waals surface area (Å²) in [6, 6.07) is 46.5. The van der Waals surface area contributed by atoms with Gasteiger partial charge in [0.25, 0.3) is 0 Å². The molecule has 14 heteroatoms. The second-order valence-electron chi connectivity index (χ2n) is 12.7. The number of para-hydroxylation sites is 3. The van der Waals surface area contributed by atoms with Gasteiger partial charge in [-0.1, -0.05) is 113 Å². The number of rotatable bonds is 6. The van der Waals surface area contributed by atoms with Gasteiger partial charge in [0, 0.05) is 32.6 Å². The number of nitrogens with one attached hydrogen (secondary N) is 2. The Morgan fingerprint density at radius 1 is 0.593 bits per heavy atom. The van der Waals surface area contributed by atoms with E-state index in [1.807, 2.05) is 84.9 Å². The molecule has 0 atom stereocenters. The molecule has 0 fully saturated rings. The highest BCUT2D eigenvalue weighted by Crippen LogP contribution is 2.21. The van der Waals surface area contributed by atoms with Crippen molar-refractivity contribution < 1.29 is 13.2 Å². The van der Waals surface area contributed by atoms with Gasteiger partial charge in [0.05, 0.1) is 29.6 Å². The molecule has 59 heavy (non-hydrogen) atoms. The quantitative estimate of drug-likeness (QED) is 0.0858. The zero-order valence-corrected chi connectivity index (χ0v) is 32.8. The Kier molecular flexibility index (Phi) is 13.6. The third-order valence-electron chi connectivity index (χ3n) is 8.91. The topological polar surface area (TPSA) is 162 Å². The van der Waals surface area contributed by atoms with Crippen molar-refractivity contribution in [3.05, 3.63) is 197 Å². The lowest BCUT2D eigenvalue weighted by atomic mass is 10.2. The number of H-pyrrole nitrogens is 1. The minimum Gasteiger partial charge on any atom is -0.382 e. The van der Waals surface area contributed by atoms with E-state index in [2.05, 4.69) is 42.4 Å². The fourth-order valence-corrected chi connectivity index (χ4v) is 6.46. The maximum Gasteiger partial charge on any atom is 0.170 e. The number of nitriles is 2. The number of halogens is 4. The molecule has 9 aromatic rings. The van der Waals surface area contributed by atoms with Crippen LogP contribution in [0.4, 0.5) is 13.2 Å². The van der Waals surface area contributed by atoms with Crippen LogP contribution in [-0.4, -0.2) is 35.6 Å². The van der Waals surface area contributed by atoms with E-state index in [9.17, 15) is 13.2 Å². The van der Waals surface area contributed by atoms with Crippen molar-refractivity contribution in [3.63, 3.8) is 0 Å². The lowest BCUT2D eigenvalue weighted by Crippen LogP contribution is -2.13. The normalized spacial score (nSPS) is 10.3. The Morgan fingerprint density at radius 3 is 1.54 bits per heavy atom. The lowest BCUT2D eigenvalue weighted by molar-refractivity contribution is 0.590. The van der Waals surface area contributed by atoms with E-state index in [0.717, 1.165) is 32.7 Å². The van der Waals surface area contributed by atoms with Gasteiger partial charge in [-0.3, -0.25) is 19.9 Å². The van der Waals surface area contributed by atoms with Crippen LogP contribution in [0.5, 0.6) is 0 Å². The number of aromatic amines is 1. The monoisotopic (exact) mass is 850 g/mol. The number of benzene rings is 6. The highest BCUT2D eigenvalue weighted by molar-refractivity contribution is 9.08. The zero-order valence-electron chi connectivity index (χ0n) is 31.2. The van der Waals surface area contributed by atoms with Gasteiger partial charge < -0.3 is 5.73 Å². The minimum absolute atomic E-state index is 0.0894. The van der Waals surface area contributed by atoms with Crippen molar-refractivity contribution in [2.75, 3.05) is 0 Å². The van der Waals surface area contributed by atoms with Crippen molar-refractivity contribution in [1.29, 1.82) is 15.9 Å². The first kappa shape index (κ1) is 41.1. The van der Waals surface area contributed by atoms with Crippen molar-refractivity contribution in [2.24, 2.45) is 5.73 Å². The van der Waals surface area contributed by atoms with E-state index in [0.29, 0.717) is 52.2 Å². The molecule has 3 heterocycles. The summed E-state index contributed by atoms with van der Waals surface area (Å²) in [6.45, 7) is 0.620. The summed E-state index contributed by atoms with van der Waals surface area (Å²) in [7, 11) is 0. The van der Waals surface area contributed by atoms with E-state index in [1.165, 1.54) is 18.2 Å². The van der Waals surface area contributed by atoms with Crippen LogP contribution in [0.3, 0.4) is 0 Å². The van der Waals surface area contributed by atoms with Crippen LogP contribution in [0, 0.1) is 45.5 Å². The van der Waals surface area contributed by atoms with Gasteiger partial charge in [0.15, 0.2) is 11.4 Å². The first-order valence-corrected chi connectivity index (χ1v) is 19.1. The average molecular weight is 852 g/mol. The van der Waals surface area contributed by atoms with E-state index in [1.54, 1.807) is 57.9 Å². The van der Waals surface area contributed by atoms with Crippen LogP contribution < -0.4 is 5.73 Å². The molecule has 4 N–H and O–H groups in total. The van der Waals surface area contributed by atoms with Crippen molar-refractivity contribution in [1.82, 2.24) is 29.8 Å². The summed E-state index contributed by atoms with van der Waals surface area (Å²) in [5.41, 5.74) is 11.2. The van der Waals surface area contributed by atoms with Gasteiger partial charge in [-0.05, 0) is 54.1 Å². The largest absolute Gasteiger partial charge is 0.382 e. The number of aromatic nitrogens is 6. The standard InChI is InChI=1S/C15H13FN4.C15H10FN3.C8H5N3.C7H6BrF/c16-12-7-3-1-5-10(12)9-20-13-8-4-2-6-11(13)14(19-20)15(17)18;16-13-7-3-1-5-11(13)10-19-15-8-4-2-6-12(15)14(9-17)18-19;9-5-8-6-3-1-2-4-7(6)10-11-8;8-5-6-3-1-2-4-7(6)9/h1-8H,9H2,(H3,17,18);1-8H,10H2;1-4H,(H,10,11);1-4H,5H2. The molecule has 0 aliphatic carbocycles. The number of nitrogens with two attached hydrogens (primary N) is 1. The Balaban J connectivity index is 0.000000139. The van der Waals surface area contributed by atoms with Crippen LogP contribution in [-0.2, 0) is 18.4 Å². The van der Waals surface area contributed by atoms with Gasteiger partial charge in [0.1, 0.15) is 41.1 Å². The van der Waals surface area contributed by atoms with Gasteiger partial charge >= 0.3 is 0 Å². The summed E-state index contributed by atoms with van der Waals surface area (Å²) in [5.74, 6) is -0.764. The van der Waals surface area contributed by atoms with Gasteiger partial charge in [-0.25, -0.2) is 13.2 Å². The molecule has 9 rings (SSSR count). The fourth-order valence-electron chi connectivity index (χ4n) is 6.01. The molecule has 0 unspecified atom stereocenters. The third kappa shape index (κ3) is 9.89. The second-order valence-corrected chi connectivity index (χ2v) is 13.3. The molecule has 6 aromatic carbocycles. The number of nitrogen functional groups attached to an aromatic ring is 1. The minimum atomic E-state index is -0.267. The van der Waals surface area contributed by atoms with Gasteiger partial charge in [-0.2, -0.15) is 25.8 Å². The first-order chi connectivity index (χ1) is 28.7. The summed E-state index contributed by atoms with van der Waals surface area (Å²) in [5, 5.41) is 43.5. The van der Waals surface area contributed by atoms with E-state index in [-0.39, 0.29) is 23.3 Å². The number of alkyl halides is 1. The molecule has 0 radical (unpaired) electrons. The van der Waals surface area contributed by atoms with Crippen LogP contribution in [0.25, 0.3) is 32.7 Å².